The van der Waals surface area contributed by atoms with Crippen LogP contribution in [-0.4, -0.2) is 81.6 Å². The van der Waals surface area contributed by atoms with Crippen molar-refractivity contribution in [2.45, 2.75) is 74.6 Å². The number of aliphatic hydroxyl groups is 3. The van der Waals surface area contributed by atoms with Crippen LogP contribution in [0.5, 0.6) is 0 Å². The van der Waals surface area contributed by atoms with Crippen LogP contribution < -0.4 is 5.73 Å². The molecule has 9 nitrogen and oxygen atoms in total. The summed E-state index contributed by atoms with van der Waals surface area (Å²) >= 11 is 0. The number of amidine groups is 1. The molecule has 0 spiro atoms. The molecule has 1 unspecified atom stereocenters. The quantitative estimate of drug-likeness (QED) is 0.526. The minimum absolute atomic E-state index is 0.188. The van der Waals surface area contributed by atoms with Crippen molar-refractivity contribution >= 4 is 17.9 Å². The summed E-state index contributed by atoms with van der Waals surface area (Å²) in [6.07, 6.45) is 4.05. The third-order valence-corrected chi connectivity index (χ3v) is 7.13. The van der Waals surface area contributed by atoms with Crippen molar-refractivity contribution in [3.8, 4) is 0 Å². The van der Waals surface area contributed by atoms with Crippen LogP contribution in [0.2, 0.25) is 0 Å². The Labute approximate surface area is 187 Å². The van der Waals surface area contributed by atoms with E-state index in [1.807, 2.05) is 6.07 Å². The highest BCUT2D eigenvalue weighted by Gasteiger charge is 2.50. The first-order chi connectivity index (χ1) is 15.5. The van der Waals surface area contributed by atoms with Gasteiger partial charge in [-0.1, -0.05) is 43.5 Å². The van der Waals surface area contributed by atoms with Crippen molar-refractivity contribution in [2.24, 2.45) is 20.7 Å². The Bertz CT molecular complexity index is 944. The lowest BCUT2D eigenvalue weighted by molar-refractivity contribution is -0.0688. The monoisotopic (exact) mass is 441 g/mol. The predicted octanol–water partition coefficient (Wildman–Crippen LogP) is 0.525. The van der Waals surface area contributed by atoms with Gasteiger partial charge in [0.25, 0.3) is 0 Å². The second-order valence-corrected chi connectivity index (χ2v) is 9.18. The lowest BCUT2D eigenvalue weighted by atomic mass is 9.80. The molecule has 5 atom stereocenters. The second kappa shape index (κ2) is 8.64. The zero-order chi connectivity index (χ0) is 22.3. The van der Waals surface area contributed by atoms with Gasteiger partial charge in [-0.25, -0.2) is 9.98 Å². The lowest BCUT2D eigenvalue weighted by Gasteiger charge is -2.33. The van der Waals surface area contributed by atoms with E-state index in [0.717, 1.165) is 0 Å². The van der Waals surface area contributed by atoms with Gasteiger partial charge in [-0.3, -0.25) is 4.99 Å². The lowest BCUT2D eigenvalue weighted by Crippen LogP contribution is -2.56. The zero-order valence-corrected chi connectivity index (χ0v) is 18.0. The number of hydrogen-bond donors (Lipinski definition) is 4. The number of benzene rings is 1. The van der Waals surface area contributed by atoms with Crippen molar-refractivity contribution < 1.29 is 20.1 Å². The van der Waals surface area contributed by atoms with Gasteiger partial charge in [0.15, 0.2) is 17.7 Å². The Morgan fingerprint density at radius 3 is 2.66 bits per heavy atom. The summed E-state index contributed by atoms with van der Waals surface area (Å²) in [4.78, 5) is 15.2. The molecule has 1 saturated heterocycles. The van der Waals surface area contributed by atoms with Gasteiger partial charge in [0.2, 0.25) is 0 Å². The van der Waals surface area contributed by atoms with E-state index in [2.05, 4.69) is 33.2 Å². The fourth-order valence-electron chi connectivity index (χ4n) is 5.40. The summed E-state index contributed by atoms with van der Waals surface area (Å²) in [5.41, 5.74) is 8.82. The van der Waals surface area contributed by atoms with Crippen LogP contribution in [0, 0.1) is 0 Å². The maximum Gasteiger partial charge on any atom is 0.162 e. The molecular formula is C23H31N5O4. The Morgan fingerprint density at radius 1 is 1.12 bits per heavy atom. The predicted molar refractivity (Wildman–Crippen MR) is 121 cm³/mol. The fraction of sp³-hybridized carbons (Fsp3) is 0.609. The van der Waals surface area contributed by atoms with E-state index in [1.165, 1.54) is 49.6 Å². The number of aliphatic hydroxyl groups excluding tert-OH is 3. The molecule has 0 radical (unpaired) electrons. The molecule has 32 heavy (non-hydrogen) atoms. The topological polar surface area (TPSA) is 136 Å². The van der Waals surface area contributed by atoms with Crippen LogP contribution in [-0.2, 0) is 11.2 Å². The molecule has 3 heterocycles. The van der Waals surface area contributed by atoms with E-state index < -0.39 is 30.2 Å². The summed E-state index contributed by atoms with van der Waals surface area (Å²) in [5.74, 6) is 1.04. The number of nitrogens with zero attached hydrogens (tertiary/aromatic N) is 4. The molecule has 172 valence electrons. The average molecular weight is 442 g/mol. The molecule has 1 saturated carbocycles. The molecule has 0 bridgehead atoms. The third kappa shape index (κ3) is 3.68. The number of fused-ring (bicyclic) bond motifs is 1. The van der Waals surface area contributed by atoms with Gasteiger partial charge < -0.3 is 30.7 Å². The fourth-order valence-corrected chi connectivity index (χ4v) is 5.40. The first-order valence-electron chi connectivity index (χ1n) is 11.4. The normalized spacial score (nSPS) is 35.1. The third-order valence-electron chi connectivity index (χ3n) is 7.13. The number of ether oxygens (including phenoxy) is 1. The summed E-state index contributed by atoms with van der Waals surface area (Å²) in [7, 11) is 0. The van der Waals surface area contributed by atoms with E-state index in [0.29, 0.717) is 23.9 Å². The maximum atomic E-state index is 10.5. The Morgan fingerprint density at radius 2 is 1.91 bits per heavy atom. The van der Waals surface area contributed by atoms with Crippen molar-refractivity contribution in [3.05, 3.63) is 35.4 Å². The van der Waals surface area contributed by atoms with Crippen molar-refractivity contribution in [3.63, 3.8) is 0 Å². The van der Waals surface area contributed by atoms with Crippen LogP contribution >= 0.6 is 0 Å². The SMILES string of the molecule is NC1(Cc2ccccc2C2CCCCC2)N=CN=C2C1=NCN2[C@@H]1O[C@H](CO)[C@@H](O)[C@H]1O. The first kappa shape index (κ1) is 21.7. The number of nitrogens with two attached hydrogens (primary N) is 1. The van der Waals surface area contributed by atoms with Gasteiger partial charge in [-0.2, -0.15) is 0 Å². The van der Waals surface area contributed by atoms with Crippen LogP contribution in [0.1, 0.15) is 49.1 Å². The van der Waals surface area contributed by atoms with Crippen molar-refractivity contribution in [1.82, 2.24) is 4.90 Å². The summed E-state index contributed by atoms with van der Waals surface area (Å²) in [6, 6.07) is 8.45. The van der Waals surface area contributed by atoms with E-state index in [4.69, 9.17) is 10.5 Å². The summed E-state index contributed by atoms with van der Waals surface area (Å²) in [6.45, 7) is -0.198. The zero-order valence-electron chi connectivity index (χ0n) is 18.0. The van der Waals surface area contributed by atoms with Gasteiger partial charge in [0.05, 0.1) is 6.61 Å². The second-order valence-electron chi connectivity index (χ2n) is 9.18. The van der Waals surface area contributed by atoms with Gasteiger partial charge in [-0.15, -0.1) is 0 Å². The molecular weight excluding hydrogens is 410 g/mol. The molecule has 1 aromatic carbocycles. The van der Waals surface area contributed by atoms with Gasteiger partial charge in [0, 0.05) is 6.42 Å². The molecule has 5 N–H and O–H groups in total. The highest BCUT2D eigenvalue weighted by atomic mass is 16.6. The molecule has 1 aliphatic carbocycles. The molecule has 3 aliphatic heterocycles. The Balaban J connectivity index is 1.38. The minimum Gasteiger partial charge on any atom is -0.394 e. The van der Waals surface area contributed by atoms with E-state index in [1.54, 1.807) is 4.90 Å². The number of rotatable bonds is 5. The number of aliphatic imine (C=N–C) groups is 3. The largest absolute Gasteiger partial charge is 0.394 e. The summed E-state index contributed by atoms with van der Waals surface area (Å²) in [5, 5.41) is 30.0. The van der Waals surface area contributed by atoms with Gasteiger partial charge in [-0.05, 0) is 29.9 Å². The van der Waals surface area contributed by atoms with Crippen LogP contribution in [0.3, 0.4) is 0 Å². The van der Waals surface area contributed by atoms with E-state index >= 15 is 0 Å². The molecule has 9 heteroatoms. The van der Waals surface area contributed by atoms with Gasteiger partial charge in [0.1, 0.15) is 37.0 Å². The van der Waals surface area contributed by atoms with Crippen molar-refractivity contribution in [2.75, 3.05) is 13.3 Å². The number of hydrogen-bond acceptors (Lipinski definition) is 9. The van der Waals surface area contributed by atoms with Crippen LogP contribution in [0.15, 0.2) is 39.2 Å². The minimum atomic E-state index is -1.19. The van der Waals surface area contributed by atoms with E-state index in [-0.39, 0.29) is 13.3 Å². The smallest absolute Gasteiger partial charge is 0.162 e. The average Bonchev–Trinajstić information content (AvgIpc) is 3.37. The Kier molecular flexibility index (Phi) is 5.85. The van der Waals surface area contributed by atoms with Gasteiger partial charge >= 0.3 is 0 Å². The van der Waals surface area contributed by atoms with E-state index in [9.17, 15) is 15.3 Å². The molecule has 0 aromatic heterocycles. The molecule has 4 aliphatic rings. The molecule has 5 rings (SSSR count). The van der Waals surface area contributed by atoms with Crippen LogP contribution in [0.25, 0.3) is 0 Å². The molecule has 2 fully saturated rings. The highest BCUT2D eigenvalue weighted by Crippen LogP contribution is 2.36. The van der Waals surface area contributed by atoms with Crippen molar-refractivity contribution in [1.29, 1.82) is 0 Å². The van der Waals surface area contributed by atoms with Crippen LogP contribution in [0.4, 0.5) is 0 Å². The highest BCUT2D eigenvalue weighted by molar-refractivity contribution is 6.47. The molecule has 1 aromatic rings. The summed E-state index contributed by atoms with van der Waals surface area (Å²) < 4.78 is 5.69. The first-order valence-corrected chi connectivity index (χ1v) is 11.4. The maximum absolute atomic E-state index is 10.5. The molecule has 0 amide bonds. The standard InChI is InChI=1S/C23H31N5O4/c24-23(10-15-8-4-5-9-16(15)14-6-2-1-3-7-14)20-21(25-12-27-23)28(13-26-20)22-19(31)18(30)17(11-29)32-22/h4-5,8-9,12,14,17-19,22,29-31H,1-3,6-7,10-11,13,24H2/t17-,18-,19-,22-,23?/m1/s1. The Hall–Kier alpha value is -2.17.